The third-order valence-electron chi connectivity index (χ3n) is 0.748. The van der Waals surface area contributed by atoms with E-state index in [0.717, 1.165) is 0 Å². The van der Waals surface area contributed by atoms with E-state index in [9.17, 15) is 0 Å². The van der Waals surface area contributed by atoms with Gasteiger partial charge in [-0.2, -0.15) is 0 Å². The maximum Gasteiger partial charge on any atom is 0.155 e. The van der Waals surface area contributed by atoms with Crippen LogP contribution in [0.3, 0.4) is 0 Å². The Balaban J connectivity index is 0.000000490. The van der Waals surface area contributed by atoms with Crippen LogP contribution in [0.1, 0.15) is 0 Å². The number of rotatable bonds is 0. The monoisotopic (exact) mass is 321 g/mol. The van der Waals surface area contributed by atoms with Crippen LogP contribution in [0.5, 0.6) is 0 Å². The van der Waals surface area contributed by atoms with Crippen molar-refractivity contribution in [2.75, 3.05) is 0 Å². The van der Waals surface area contributed by atoms with E-state index in [1.54, 1.807) is 12.2 Å². The summed E-state index contributed by atoms with van der Waals surface area (Å²) in [5.41, 5.74) is 0. The van der Waals surface area contributed by atoms with Crippen LogP contribution in [0.2, 0.25) is 0 Å². The summed E-state index contributed by atoms with van der Waals surface area (Å²) in [6.07, 6.45) is 7.08. The molecule has 1 radical (unpaired) electrons. The Labute approximate surface area is 72.2 Å². The third kappa shape index (κ3) is 2.33. The van der Waals surface area contributed by atoms with E-state index in [4.69, 9.17) is 23.2 Å². The van der Waals surface area contributed by atoms with Gasteiger partial charge in [-0.25, -0.2) is 0 Å². The second-order valence-electron chi connectivity index (χ2n) is 1.39. The second-order valence-corrected chi connectivity index (χ2v) is 2.84. The average Bonchev–Trinajstić information content (AvgIpc) is 1.84. The van der Waals surface area contributed by atoms with Crippen molar-refractivity contribution in [1.82, 2.24) is 0 Å². The number of halogens is 2. The van der Waals surface area contributed by atoms with E-state index in [-0.39, 0.29) is 20.4 Å². The molecule has 1 aliphatic rings. The fourth-order valence-corrected chi connectivity index (χ4v) is 0.714. The molecule has 1 aliphatic carbocycles. The topological polar surface area (TPSA) is 0 Å². The van der Waals surface area contributed by atoms with Crippen molar-refractivity contribution in [3.63, 3.8) is 0 Å². The average molecular weight is 321 g/mol. The van der Waals surface area contributed by atoms with Crippen molar-refractivity contribution < 1.29 is 20.4 Å². The number of alkyl halides is 2. The van der Waals surface area contributed by atoms with Crippen LogP contribution < -0.4 is 0 Å². The molecule has 0 nitrogen and oxygen atoms in total. The molecule has 3 heteroatoms. The number of hydrogen-bond donors (Lipinski definition) is 0. The molecular formula is C5H4Cl2Re. The third-order valence-corrected chi connectivity index (χ3v) is 1.25. The van der Waals surface area contributed by atoms with Gasteiger partial charge in [0, 0.05) is 20.4 Å². The summed E-state index contributed by atoms with van der Waals surface area (Å²) < 4.78 is -0.722. The zero-order valence-electron chi connectivity index (χ0n) is 3.94. The molecule has 8 heavy (non-hydrogen) atoms. The summed E-state index contributed by atoms with van der Waals surface area (Å²) in [5, 5.41) is 0. The predicted octanol–water partition coefficient (Wildman–Crippen LogP) is 2.28. The minimum absolute atomic E-state index is 0. The molecule has 0 N–H and O–H groups in total. The Morgan fingerprint density at radius 2 is 1.38 bits per heavy atom. The molecule has 1 rings (SSSR count). The van der Waals surface area contributed by atoms with Gasteiger partial charge in [0.25, 0.3) is 0 Å². The molecular weight excluding hydrogens is 317 g/mol. The Kier molecular flexibility index (Phi) is 3.31. The van der Waals surface area contributed by atoms with E-state index >= 15 is 0 Å². The predicted molar refractivity (Wildman–Crippen MR) is 32.7 cm³/mol. The zero-order valence-corrected chi connectivity index (χ0v) is 8.17. The van der Waals surface area contributed by atoms with Crippen LogP contribution >= 0.6 is 23.2 Å². The molecule has 0 unspecified atom stereocenters. The molecule has 0 atom stereocenters. The smallest absolute Gasteiger partial charge is 0.0923 e. The van der Waals surface area contributed by atoms with Gasteiger partial charge in [-0.15, -0.1) is 0 Å². The first-order valence-electron chi connectivity index (χ1n) is 1.96. The minimum atomic E-state index is -0.722. The van der Waals surface area contributed by atoms with E-state index in [0.29, 0.717) is 0 Å². The first-order chi connectivity index (χ1) is 3.21. The summed E-state index contributed by atoms with van der Waals surface area (Å²) in [4.78, 5) is 0. The van der Waals surface area contributed by atoms with Crippen molar-refractivity contribution in [2.24, 2.45) is 0 Å². The molecule has 0 heterocycles. The van der Waals surface area contributed by atoms with Crippen molar-refractivity contribution >= 4 is 23.2 Å². The number of allylic oxidation sites excluding steroid dienone is 4. The van der Waals surface area contributed by atoms with Crippen LogP contribution in [0.25, 0.3) is 0 Å². The van der Waals surface area contributed by atoms with Crippen molar-refractivity contribution in [2.45, 2.75) is 4.33 Å². The standard InChI is InChI=1S/C5H4Cl2.Re/c6-5(7)3-1-2-4-5;/h1-4H;. The largest absolute Gasteiger partial charge is 0.155 e. The van der Waals surface area contributed by atoms with Crippen LogP contribution in [0.4, 0.5) is 0 Å². The summed E-state index contributed by atoms with van der Waals surface area (Å²) in [6, 6.07) is 0. The van der Waals surface area contributed by atoms with Crippen LogP contribution in [0, 0.1) is 0 Å². The van der Waals surface area contributed by atoms with E-state index < -0.39 is 4.33 Å². The molecule has 0 aromatic carbocycles. The maximum atomic E-state index is 5.56. The quantitative estimate of drug-likeness (QED) is 0.601. The molecule has 0 saturated heterocycles. The normalized spacial score (nSPS) is 20.8. The van der Waals surface area contributed by atoms with E-state index in [1.807, 2.05) is 12.2 Å². The SMILES string of the molecule is ClC1(Cl)C=CC=C1.[Re]. The summed E-state index contributed by atoms with van der Waals surface area (Å²) in [6.45, 7) is 0. The molecule has 0 aliphatic heterocycles. The Bertz CT molecular complexity index is 112. The van der Waals surface area contributed by atoms with E-state index in [2.05, 4.69) is 0 Å². The van der Waals surface area contributed by atoms with Gasteiger partial charge in [-0.05, 0) is 12.2 Å². The van der Waals surface area contributed by atoms with Gasteiger partial charge < -0.3 is 0 Å². The molecule has 0 fully saturated rings. The first-order valence-corrected chi connectivity index (χ1v) is 2.71. The first kappa shape index (κ1) is 8.72. The van der Waals surface area contributed by atoms with Gasteiger partial charge in [-0.3, -0.25) is 0 Å². The summed E-state index contributed by atoms with van der Waals surface area (Å²) >= 11 is 11.1. The fraction of sp³-hybridized carbons (Fsp3) is 0.200. The van der Waals surface area contributed by atoms with Crippen LogP contribution in [0.15, 0.2) is 24.3 Å². The molecule has 0 spiro atoms. The number of hydrogen-bond acceptors (Lipinski definition) is 0. The van der Waals surface area contributed by atoms with Gasteiger partial charge in [0.15, 0.2) is 4.33 Å². The molecule has 0 aromatic heterocycles. The van der Waals surface area contributed by atoms with Gasteiger partial charge in [0.2, 0.25) is 0 Å². The Morgan fingerprint density at radius 1 is 1.00 bits per heavy atom. The summed E-state index contributed by atoms with van der Waals surface area (Å²) in [7, 11) is 0. The Hall–Kier alpha value is 0.722. The van der Waals surface area contributed by atoms with Crippen LogP contribution in [-0.2, 0) is 20.4 Å². The molecule has 0 bridgehead atoms. The van der Waals surface area contributed by atoms with Crippen molar-refractivity contribution in [3.8, 4) is 0 Å². The van der Waals surface area contributed by atoms with Crippen molar-refractivity contribution in [1.29, 1.82) is 0 Å². The zero-order chi connectivity index (χ0) is 5.33. The minimum Gasteiger partial charge on any atom is -0.0923 e. The molecule has 45 valence electrons. The molecule has 0 aromatic rings. The van der Waals surface area contributed by atoms with Gasteiger partial charge in [0.1, 0.15) is 0 Å². The summed E-state index contributed by atoms with van der Waals surface area (Å²) in [5.74, 6) is 0. The molecule has 0 amide bonds. The van der Waals surface area contributed by atoms with Crippen LogP contribution in [-0.4, -0.2) is 4.33 Å². The van der Waals surface area contributed by atoms with Crippen molar-refractivity contribution in [3.05, 3.63) is 24.3 Å². The fourth-order valence-electron chi connectivity index (χ4n) is 0.423. The Morgan fingerprint density at radius 3 is 1.50 bits per heavy atom. The molecule has 0 saturated carbocycles. The van der Waals surface area contributed by atoms with Gasteiger partial charge in [-0.1, -0.05) is 35.4 Å². The maximum absolute atomic E-state index is 5.56. The second kappa shape index (κ2) is 3.04. The van der Waals surface area contributed by atoms with Gasteiger partial charge >= 0.3 is 0 Å². The van der Waals surface area contributed by atoms with E-state index in [1.165, 1.54) is 0 Å². The van der Waals surface area contributed by atoms with Gasteiger partial charge in [0.05, 0.1) is 0 Å².